The molecule has 82 valence electrons. The van der Waals surface area contributed by atoms with E-state index in [1.165, 1.54) is 0 Å². The summed E-state index contributed by atoms with van der Waals surface area (Å²) in [6, 6.07) is 8.44. The summed E-state index contributed by atoms with van der Waals surface area (Å²) in [6.07, 6.45) is 0. The lowest BCUT2D eigenvalue weighted by atomic mass is 10.0. The third-order valence-electron chi connectivity index (χ3n) is 2.20. The summed E-state index contributed by atoms with van der Waals surface area (Å²) in [6.45, 7) is 0. The number of halogens is 3. The molecule has 0 atom stereocenters. The summed E-state index contributed by atoms with van der Waals surface area (Å²) < 4.78 is 27.1. The van der Waals surface area contributed by atoms with Crippen LogP contribution in [0.4, 0.5) is 14.5 Å². The average molecular weight is 240 g/mol. The first kappa shape index (κ1) is 10.9. The number of nitrogen functional groups attached to an aromatic ring is 1. The SMILES string of the molecule is Nc1cc(F)c(-c2ccc(Cl)cc2)c(F)c1. The molecule has 0 fully saturated rings. The van der Waals surface area contributed by atoms with E-state index in [-0.39, 0.29) is 11.3 Å². The number of nitrogens with two attached hydrogens (primary N) is 1. The Morgan fingerprint density at radius 3 is 1.94 bits per heavy atom. The van der Waals surface area contributed by atoms with Crippen molar-refractivity contribution >= 4 is 17.3 Å². The van der Waals surface area contributed by atoms with Crippen molar-refractivity contribution in [3.63, 3.8) is 0 Å². The molecular formula is C12H8ClF2N. The van der Waals surface area contributed by atoms with Gasteiger partial charge in [-0.05, 0) is 29.8 Å². The minimum absolute atomic E-state index is 0.0627. The van der Waals surface area contributed by atoms with E-state index in [0.717, 1.165) is 12.1 Å². The van der Waals surface area contributed by atoms with Crippen LogP contribution in [0.1, 0.15) is 0 Å². The predicted octanol–water partition coefficient (Wildman–Crippen LogP) is 3.87. The van der Waals surface area contributed by atoms with Crippen LogP contribution >= 0.6 is 11.6 Å². The number of hydrogen-bond acceptors (Lipinski definition) is 1. The highest BCUT2D eigenvalue weighted by atomic mass is 35.5. The van der Waals surface area contributed by atoms with Crippen LogP contribution in [-0.4, -0.2) is 0 Å². The van der Waals surface area contributed by atoms with Crippen LogP contribution in [0.15, 0.2) is 36.4 Å². The van der Waals surface area contributed by atoms with Crippen molar-refractivity contribution < 1.29 is 8.78 Å². The lowest BCUT2D eigenvalue weighted by molar-refractivity contribution is 0.591. The summed E-state index contributed by atoms with van der Waals surface area (Å²) in [5, 5.41) is 0.514. The molecule has 0 saturated carbocycles. The molecule has 0 radical (unpaired) electrons. The van der Waals surface area contributed by atoms with Gasteiger partial charge in [-0.2, -0.15) is 0 Å². The van der Waals surface area contributed by atoms with E-state index in [9.17, 15) is 8.78 Å². The molecule has 1 nitrogen and oxygen atoms in total. The molecule has 0 bridgehead atoms. The molecule has 0 unspecified atom stereocenters. The molecule has 2 N–H and O–H groups in total. The van der Waals surface area contributed by atoms with Crippen LogP contribution < -0.4 is 5.73 Å². The van der Waals surface area contributed by atoms with Crippen molar-refractivity contribution in [2.45, 2.75) is 0 Å². The number of hydrogen-bond donors (Lipinski definition) is 1. The average Bonchev–Trinajstić information content (AvgIpc) is 2.19. The van der Waals surface area contributed by atoms with Crippen LogP contribution in [0, 0.1) is 11.6 Å². The molecule has 0 amide bonds. The van der Waals surface area contributed by atoms with E-state index in [2.05, 4.69) is 0 Å². The maximum atomic E-state index is 13.5. The number of anilines is 1. The molecule has 0 spiro atoms. The molecule has 4 heteroatoms. The molecular weight excluding hydrogens is 232 g/mol. The molecule has 16 heavy (non-hydrogen) atoms. The normalized spacial score (nSPS) is 10.4. The maximum Gasteiger partial charge on any atom is 0.136 e. The molecule has 0 aromatic heterocycles. The first-order valence-electron chi connectivity index (χ1n) is 4.58. The number of benzene rings is 2. The fourth-order valence-corrected chi connectivity index (χ4v) is 1.61. The quantitative estimate of drug-likeness (QED) is 0.751. The predicted molar refractivity (Wildman–Crippen MR) is 61.2 cm³/mol. The van der Waals surface area contributed by atoms with Gasteiger partial charge in [0.15, 0.2) is 0 Å². The Hall–Kier alpha value is -1.61. The minimum atomic E-state index is -0.681. The maximum absolute atomic E-state index is 13.5. The van der Waals surface area contributed by atoms with Crippen molar-refractivity contribution in [1.82, 2.24) is 0 Å². The van der Waals surface area contributed by atoms with Gasteiger partial charge in [-0.1, -0.05) is 23.7 Å². The Balaban J connectivity index is 2.60. The van der Waals surface area contributed by atoms with Crippen LogP contribution in [0.5, 0.6) is 0 Å². The minimum Gasteiger partial charge on any atom is -0.399 e. The fourth-order valence-electron chi connectivity index (χ4n) is 1.49. The highest BCUT2D eigenvalue weighted by Gasteiger charge is 2.12. The van der Waals surface area contributed by atoms with Crippen molar-refractivity contribution in [1.29, 1.82) is 0 Å². The van der Waals surface area contributed by atoms with Gasteiger partial charge in [0.05, 0.1) is 5.56 Å². The second-order valence-electron chi connectivity index (χ2n) is 3.37. The Bertz CT molecular complexity index is 500. The zero-order valence-corrected chi connectivity index (χ0v) is 8.93. The summed E-state index contributed by atoms with van der Waals surface area (Å²) >= 11 is 5.70. The van der Waals surface area contributed by atoms with E-state index < -0.39 is 11.6 Å². The Kier molecular flexibility index (Phi) is 2.79. The van der Waals surface area contributed by atoms with Gasteiger partial charge in [0.25, 0.3) is 0 Å². The second-order valence-corrected chi connectivity index (χ2v) is 3.80. The van der Waals surface area contributed by atoms with Gasteiger partial charge < -0.3 is 5.73 Å². The number of rotatable bonds is 1. The van der Waals surface area contributed by atoms with Crippen LogP contribution in [0.3, 0.4) is 0 Å². The van der Waals surface area contributed by atoms with Crippen LogP contribution in [-0.2, 0) is 0 Å². The van der Waals surface area contributed by atoms with E-state index in [0.29, 0.717) is 10.6 Å². The van der Waals surface area contributed by atoms with Gasteiger partial charge in [-0.15, -0.1) is 0 Å². The zero-order chi connectivity index (χ0) is 11.7. The highest BCUT2D eigenvalue weighted by molar-refractivity contribution is 6.30. The lowest BCUT2D eigenvalue weighted by Gasteiger charge is -2.06. The van der Waals surface area contributed by atoms with Gasteiger partial charge in [-0.25, -0.2) is 8.78 Å². The topological polar surface area (TPSA) is 26.0 Å². The second kappa shape index (κ2) is 4.10. The van der Waals surface area contributed by atoms with Crippen molar-refractivity contribution in [3.8, 4) is 11.1 Å². The smallest absolute Gasteiger partial charge is 0.136 e. The van der Waals surface area contributed by atoms with Crippen LogP contribution in [0.2, 0.25) is 5.02 Å². The largest absolute Gasteiger partial charge is 0.399 e. The fraction of sp³-hybridized carbons (Fsp3) is 0. The third-order valence-corrected chi connectivity index (χ3v) is 2.45. The Morgan fingerprint density at radius 1 is 0.938 bits per heavy atom. The standard InChI is InChI=1S/C12H8ClF2N/c13-8-3-1-7(2-4-8)12-10(14)5-9(16)6-11(12)15/h1-6H,16H2. The van der Waals surface area contributed by atoms with Gasteiger partial charge in [0.1, 0.15) is 11.6 Å². The molecule has 2 rings (SSSR count). The van der Waals surface area contributed by atoms with Gasteiger partial charge in [0.2, 0.25) is 0 Å². The van der Waals surface area contributed by atoms with Crippen molar-refractivity contribution in [3.05, 3.63) is 53.1 Å². The van der Waals surface area contributed by atoms with Gasteiger partial charge in [-0.3, -0.25) is 0 Å². The van der Waals surface area contributed by atoms with E-state index >= 15 is 0 Å². The highest BCUT2D eigenvalue weighted by Crippen LogP contribution is 2.28. The Labute approximate surface area is 96.5 Å². The van der Waals surface area contributed by atoms with Crippen LogP contribution in [0.25, 0.3) is 11.1 Å². The van der Waals surface area contributed by atoms with Gasteiger partial charge >= 0.3 is 0 Å². The molecule has 0 aliphatic carbocycles. The first-order valence-corrected chi connectivity index (χ1v) is 4.96. The van der Waals surface area contributed by atoms with Gasteiger partial charge in [0, 0.05) is 10.7 Å². The van der Waals surface area contributed by atoms with E-state index in [1.54, 1.807) is 24.3 Å². The van der Waals surface area contributed by atoms with E-state index in [4.69, 9.17) is 17.3 Å². The summed E-state index contributed by atoms with van der Waals surface area (Å²) in [5.74, 6) is -1.36. The molecule has 0 saturated heterocycles. The third kappa shape index (κ3) is 1.99. The monoisotopic (exact) mass is 239 g/mol. The summed E-state index contributed by atoms with van der Waals surface area (Å²) in [7, 11) is 0. The van der Waals surface area contributed by atoms with Crippen molar-refractivity contribution in [2.75, 3.05) is 5.73 Å². The molecule has 0 aliphatic rings. The first-order chi connectivity index (χ1) is 7.58. The Morgan fingerprint density at radius 2 is 1.44 bits per heavy atom. The summed E-state index contributed by atoms with van der Waals surface area (Å²) in [4.78, 5) is 0. The molecule has 0 heterocycles. The summed E-state index contributed by atoms with van der Waals surface area (Å²) in [5.41, 5.74) is 5.73. The molecule has 2 aromatic carbocycles. The van der Waals surface area contributed by atoms with E-state index in [1.807, 2.05) is 0 Å². The van der Waals surface area contributed by atoms with Crippen molar-refractivity contribution in [2.24, 2.45) is 0 Å². The molecule has 0 aliphatic heterocycles. The molecule has 2 aromatic rings. The lowest BCUT2D eigenvalue weighted by Crippen LogP contribution is -1.94. The zero-order valence-electron chi connectivity index (χ0n) is 8.18.